The van der Waals surface area contributed by atoms with Crippen LogP contribution in [0, 0.1) is 7.05 Å². The Hall–Kier alpha value is -1.64. The van der Waals surface area contributed by atoms with Crippen LogP contribution in [0.1, 0.15) is 20.7 Å². The number of fused-ring (bicyclic) bond motifs is 1. The Bertz CT molecular complexity index is 336. The summed E-state index contributed by atoms with van der Waals surface area (Å²) in [5, 5.41) is 0. The average molecular weight is 159 g/mol. The third-order valence-corrected chi connectivity index (χ3v) is 1.83. The van der Waals surface area contributed by atoms with Crippen LogP contribution in [0.15, 0.2) is 24.3 Å². The monoisotopic (exact) mass is 159 g/mol. The van der Waals surface area contributed by atoms with Gasteiger partial charge in [-0.25, -0.2) is 0 Å². The van der Waals surface area contributed by atoms with Crippen molar-refractivity contribution in [3.05, 3.63) is 42.4 Å². The van der Waals surface area contributed by atoms with Crippen LogP contribution in [-0.4, -0.2) is 16.7 Å². The van der Waals surface area contributed by atoms with Gasteiger partial charge in [-0.3, -0.25) is 14.5 Å². The Morgan fingerprint density at radius 1 is 1.00 bits per heavy atom. The second-order valence-corrected chi connectivity index (χ2v) is 2.53. The molecule has 0 unspecified atom stereocenters. The zero-order valence-electron chi connectivity index (χ0n) is 6.15. The van der Waals surface area contributed by atoms with Gasteiger partial charge >= 0.3 is 0 Å². The Kier molecular flexibility index (Phi) is 1.27. The molecule has 0 fully saturated rings. The van der Waals surface area contributed by atoms with E-state index < -0.39 is 11.8 Å². The summed E-state index contributed by atoms with van der Waals surface area (Å²) < 4.78 is 0. The molecular weight excluding hydrogens is 154 g/mol. The van der Waals surface area contributed by atoms with Crippen LogP contribution in [0.5, 0.6) is 0 Å². The molecule has 1 aliphatic rings. The summed E-state index contributed by atoms with van der Waals surface area (Å²) in [5.74, 6) is -0.869. The first-order valence-electron chi connectivity index (χ1n) is 3.44. The van der Waals surface area contributed by atoms with Crippen molar-refractivity contribution < 1.29 is 9.59 Å². The molecule has 3 heteroatoms. The van der Waals surface area contributed by atoms with Gasteiger partial charge in [-0.05, 0) is 12.1 Å². The number of nitrogens with zero attached hydrogens (tertiary/aromatic N) is 1. The van der Waals surface area contributed by atoms with E-state index in [1.165, 1.54) is 0 Å². The van der Waals surface area contributed by atoms with Gasteiger partial charge in [-0.15, -0.1) is 0 Å². The lowest BCUT2D eigenvalue weighted by Crippen LogP contribution is -2.21. The SMILES string of the molecule is [CH]N1C(=O)c2ccccc2C1=O. The molecule has 1 aliphatic heterocycles. The molecule has 0 saturated heterocycles. The molecule has 1 heterocycles. The highest BCUT2D eigenvalue weighted by molar-refractivity contribution is 6.21. The summed E-state index contributed by atoms with van der Waals surface area (Å²) in [6.45, 7) is 0. The number of hydrogen-bond acceptors (Lipinski definition) is 2. The van der Waals surface area contributed by atoms with Crippen LogP contribution in [-0.2, 0) is 0 Å². The van der Waals surface area contributed by atoms with Gasteiger partial charge in [-0.1, -0.05) is 12.1 Å². The third-order valence-electron chi connectivity index (χ3n) is 1.83. The topological polar surface area (TPSA) is 37.4 Å². The molecule has 58 valence electrons. The van der Waals surface area contributed by atoms with Crippen LogP contribution in [0.4, 0.5) is 0 Å². The summed E-state index contributed by atoms with van der Waals surface area (Å²) >= 11 is 0. The molecule has 2 radical (unpaired) electrons. The smallest absolute Gasteiger partial charge is 0.261 e. The fourth-order valence-corrected chi connectivity index (χ4v) is 1.21. The van der Waals surface area contributed by atoms with Gasteiger partial charge in [0.2, 0.25) is 0 Å². The van der Waals surface area contributed by atoms with E-state index in [0.29, 0.717) is 16.0 Å². The van der Waals surface area contributed by atoms with Gasteiger partial charge in [-0.2, -0.15) is 0 Å². The zero-order chi connectivity index (χ0) is 8.72. The van der Waals surface area contributed by atoms with Crippen molar-refractivity contribution in [2.24, 2.45) is 0 Å². The second kappa shape index (κ2) is 2.17. The van der Waals surface area contributed by atoms with Crippen molar-refractivity contribution in [1.82, 2.24) is 4.90 Å². The molecule has 0 aliphatic carbocycles. The molecule has 3 nitrogen and oxygen atoms in total. The standard InChI is InChI=1S/C9H5NO2/c1-10-8(11)6-4-2-3-5-7(6)9(10)12/h1-5H. The molecule has 0 saturated carbocycles. The largest absolute Gasteiger partial charge is 0.269 e. The van der Waals surface area contributed by atoms with Gasteiger partial charge in [0.25, 0.3) is 11.8 Å². The van der Waals surface area contributed by atoms with Gasteiger partial charge < -0.3 is 0 Å². The molecule has 0 aromatic heterocycles. The van der Waals surface area contributed by atoms with Crippen molar-refractivity contribution in [3.63, 3.8) is 0 Å². The lowest BCUT2D eigenvalue weighted by atomic mass is 10.1. The van der Waals surface area contributed by atoms with Gasteiger partial charge in [0.1, 0.15) is 0 Å². The van der Waals surface area contributed by atoms with Crippen molar-refractivity contribution in [2.45, 2.75) is 0 Å². The highest BCUT2D eigenvalue weighted by Crippen LogP contribution is 2.20. The molecule has 12 heavy (non-hydrogen) atoms. The quantitative estimate of drug-likeness (QED) is 0.528. The number of hydrogen-bond donors (Lipinski definition) is 0. The molecule has 0 atom stereocenters. The maximum absolute atomic E-state index is 11.2. The summed E-state index contributed by atoms with van der Waals surface area (Å²) in [7, 11) is 5.21. The third kappa shape index (κ3) is 0.704. The van der Waals surface area contributed by atoms with Crippen LogP contribution >= 0.6 is 0 Å². The first-order chi connectivity index (χ1) is 5.72. The highest BCUT2D eigenvalue weighted by Gasteiger charge is 2.32. The van der Waals surface area contributed by atoms with E-state index >= 15 is 0 Å². The minimum Gasteiger partial charge on any atom is -0.269 e. The fourth-order valence-electron chi connectivity index (χ4n) is 1.21. The van der Waals surface area contributed by atoms with E-state index in [1.54, 1.807) is 24.3 Å². The van der Waals surface area contributed by atoms with Crippen LogP contribution in [0.25, 0.3) is 0 Å². The summed E-state index contributed by atoms with van der Waals surface area (Å²) in [6, 6.07) is 6.57. The number of amides is 2. The van der Waals surface area contributed by atoms with E-state index in [0.717, 1.165) is 0 Å². The van der Waals surface area contributed by atoms with Crippen molar-refractivity contribution in [3.8, 4) is 0 Å². The molecular formula is C9H5NO2. The van der Waals surface area contributed by atoms with E-state index in [9.17, 15) is 9.59 Å². The van der Waals surface area contributed by atoms with Crippen molar-refractivity contribution in [2.75, 3.05) is 0 Å². The summed E-state index contributed by atoms with van der Waals surface area (Å²) in [6.07, 6.45) is 0. The molecule has 2 rings (SSSR count). The molecule has 2 amide bonds. The van der Waals surface area contributed by atoms with Crippen LogP contribution in [0.2, 0.25) is 0 Å². The average Bonchev–Trinajstić information content (AvgIpc) is 2.33. The summed E-state index contributed by atoms with van der Waals surface area (Å²) in [5.41, 5.74) is 0.759. The highest BCUT2D eigenvalue weighted by atomic mass is 16.2. The van der Waals surface area contributed by atoms with E-state index in [-0.39, 0.29) is 0 Å². The van der Waals surface area contributed by atoms with E-state index in [2.05, 4.69) is 0 Å². The molecule has 0 bridgehead atoms. The maximum atomic E-state index is 11.2. The zero-order valence-corrected chi connectivity index (χ0v) is 6.15. The van der Waals surface area contributed by atoms with Crippen LogP contribution < -0.4 is 0 Å². The predicted octanol–water partition coefficient (Wildman–Crippen LogP) is 0.951. The predicted molar refractivity (Wildman–Crippen MR) is 41.2 cm³/mol. The van der Waals surface area contributed by atoms with Gasteiger partial charge in [0.05, 0.1) is 18.2 Å². The van der Waals surface area contributed by atoms with E-state index in [4.69, 9.17) is 7.05 Å². The lowest BCUT2D eigenvalue weighted by molar-refractivity contribution is 0.0717. The Labute approximate surface area is 69.6 Å². The minimum absolute atomic E-state index is 0.380. The Morgan fingerprint density at radius 3 is 1.83 bits per heavy atom. The molecule has 1 aromatic rings. The van der Waals surface area contributed by atoms with E-state index in [1.807, 2.05) is 0 Å². The lowest BCUT2D eigenvalue weighted by Gasteiger charge is -2.01. The van der Waals surface area contributed by atoms with Gasteiger partial charge in [0.15, 0.2) is 0 Å². The number of carbonyl (C=O) groups excluding carboxylic acids is 2. The minimum atomic E-state index is -0.435. The summed E-state index contributed by atoms with van der Waals surface area (Å²) in [4.78, 5) is 23.0. The Balaban J connectivity index is 2.67. The number of imide groups is 1. The fraction of sp³-hybridized carbons (Fsp3) is 0. The number of rotatable bonds is 0. The molecule has 1 aromatic carbocycles. The number of carbonyl (C=O) groups is 2. The molecule has 0 N–H and O–H groups in total. The van der Waals surface area contributed by atoms with Crippen molar-refractivity contribution in [1.29, 1.82) is 0 Å². The Morgan fingerprint density at radius 2 is 1.42 bits per heavy atom. The van der Waals surface area contributed by atoms with Crippen molar-refractivity contribution >= 4 is 11.8 Å². The first kappa shape index (κ1) is 7.03. The normalized spacial score (nSPS) is 15.2. The molecule has 0 spiro atoms. The van der Waals surface area contributed by atoms with Gasteiger partial charge in [0, 0.05) is 0 Å². The number of benzene rings is 1. The van der Waals surface area contributed by atoms with Crippen LogP contribution in [0.3, 0.4) is 0 Å². The first-order valence-corrected chi connectivity index (χ1v) is 3.44. The maximum Gasteiger partial charge on any atom is 0.261 e. The second-order valence-electron chi connectivity index (χ2n) is 2.53.